The monoisotopic (exact) mass is 366 g/mol. The van der Waals surface area contributed by atoms with Crippen LogP contribution in [-0.4, -0.2) is 6.61 Å². The zero-order valence-corrected chi connectivity index (χ0v) is 13.9. The summed E-state index contributed by atoms with van der Waals surface area (Å²) in [5.41, 5.74) is -0.0975. The van der Waals surface area contributed by atoms with Gasteiger partial charge in [-0.1, -0.05) is 61.0 Å². The molecule has 0 radical (unpaired) electrons. The van der Waals surface area contributed by atoms with Crippen molar-refractivity contribution in [2.45, 2.75) is 57.0 Å². The predicted molar refractivity (Wildman–Crippen MR) is 82.9 cm³/mol. The molecule has 0 fully saturated rings. The van der Waals surface area contributed by atoms with Crippen molar-refractivity contribution >= 4 is 15.9 Å². The first-order valence-corrected chi connectivity index (χ1v) is 8.50. The van der Waals surface area contributed by atoms with E-state index in [2.05, 4.69) is 22.9 Å². The molecule has 0 amide bonds. The fourth-order valence-corrected chi connectivity index (χ4v) is 2.42. The third-order valence-corrected chi connectivity index (χ3v) is 3.91. The zero-order chi connectivity index (χ0) is 15.7. The van der Waals surface area contributed by atoms with Crippen LogP contribution in [0.1, 0.15) is 56.6 Å². The molecule has 5 heteroatoms. The van der Waals surface area contributed by atoms with Crippen LogP contribution < -0.4 is 4.74 Å². The van der Waals surface area contributed by atoms with Crippen LogP contribution in [0, 0.1) is 0 Å². The van der Waals surface area contributed by atoms with Gasteiger partial charge in [0.25, 0.3) is 0 Å². The lowest BCUT2D eigenvalue weighted by molar-refractivity contribution is -0.139. The second-order valence-corrected chi connectivity index (χ2v) is 5.64. The number of unbranched alkanes of at least 4 members (excludes halogenated alkanes) is 5. The van der Waals surface area contributed by atoms with Gasteiger partial charge in [0.15, 0.2) is 0 Å². The third-order valence-electron chi connectivity index (χ3n) is 3.26. The van der Waals surface area contributed by atoms with Crippen LogP contribution >= 0.6 is 15.9 Å². The Hall–Kier alpha value is -0.710. The maximum atomic E-state index is 13.0. The van der Waals surface area contributed by atoms with Gasteiger partial charge < -0.3 is 4.74 Å². The molecule has 0 aliphatic rings. The van der Waals surface area contributed by atoms with Gasteiger partial charge in [-0.15, -0.1) is 0 Å². The molecule has 0 spiro atoms. The molecule has 0 aliphatic carbocycles. The van der Waals surface area contributed by atoms with Crippen molar-refractivity contribution in [3.8, 4) is 5.75 Å². The van der Waals surface area contributed by atoms with Gasteiger partial charge in [0.2, 0.25) is 0 Å². The second kappa shape index (κ2) is 9.34. The Bertz CT molecular complexity index is 418. The number of ether oxygens (including phenoxy) is 1. The van der Waals surface area contributed by atoms with Crippen molar-refractivity contribution in [3.63, 3.8) is 0 Å². The van der Waals surface area contributed by atoms with Crippen LogP contribution in [0.4, 0.5) is 13.2 Å². The first kappa shape index (κ1) is 18.3. The predicted octanol–water partition coefficient (Wildman–Crippen LogP) is 6.34. The first-order chi connectivity index (χ1) is 9.99. The summed E-state index contributed by atoms with van der Waals surface area (Å²) in [5, 5.41) is 0.397. The molecule has 1 nitrogen and oxygen atoms in total. The lowest BCUT2D eigenvalue weighted by atomic mass is 10.1. The van der Waals surface area contributed by atoms with Crippen LogP contribution in [-0.2, 0) is 11.5 Å². The smallest absolute Gasteiger partial charge is 0.419 e. The van der Waals surface area contributed by atoms with E-state index in [1.54, 1.807) is 6.07 Å². The summed E-state index contributed by atoms with van der Waals surface area (Å²) in [6, 6.07) is 4.21. The molecule has 0 aromatic heterocycles. The van der Waals surface area contributed by atoms with Crippen LogP contribution in [0.25, 0.3) is 0 Å². The Morgan fingerprint density at radius 3 is 2.33 bits per heavy atom. The minimum absolute atomic E-state index is 0.0687. The highest BCUT2D eigenvalue weighted by Gasteiger charge is 2.34. The summed E-state index contributed by atoms with van der Waals surface area (Å²) in [6.07, 6.45) is 2.12. The third kappa shape index (κ3) is 6.72. The molecule has 0 saturated heterocycles. The number of halogens is 4. The highest BCUT2D eigenvalue weighted by atomic mass is 79.9. The Morgan fingerprint density at radius 2 is 1.71 bits per heavy atom. The average molecular weight is 367 g/mol. The molecule has 120 valence electrons. The van der Waals surface area contributed by atoms with Gasteiger partial charge in [-0.3, -0.25) is 0 Å². The lowest BCUT2D eigenvalue weighted by Gasteiger charge is -2.15. The van der Waals surface area contributed by atoms with Gasteiger partial charge in [-0.05, 0) is 24.1 Å². The van der Waals surface area contributed by atoms with E-state index in [4.69, 9.17) is 4.74 Å². The van der Waals surface area contributed by atoms with Crippen LogP contribution in [0.2, 0.25) is 0 Å². The molecule has 0 N–H and O–H groups in total. The standard InChI is InChI=1S/C16H22BrF3O/c1-2-3-4-5-6-7-10-21-15-9-8-13(12-17)11-14(15)16(18,19)20/h8-9,11H,2-7,10,12H2,1H3. The summed E-state index contributed by atoms with van der Waals surface area (Å²) in [5.74, 6) is -0.0687. The number of benzene rings is 1. The highest BCUT2D eigenvalue weighted by molar-refractivity contribution is 9.08. The highest BCUT2D eigenvalue weighted by Crippen LogP contribution is 2.37. The lowest BCUT2D eigenvalue weighted by Crippen LogP contribution is -2.10. The molecule has 0 aliphatic heterocycles. The Kier molecular flexibility index (Phi) is 8.15. The van der Waals surface area contributed by atoms with E-state index >= 15 is 0 Å². The molecular formula is C16H22BrF3O. The second-order valence-electron chi connectivity index (χ2n) is 5.08. The van der Waals surface area contributed by atoms with E-state index in [9.17, 15) is 13.2 Å². The van der Waals surface area contributed by atoms with Crippen molar-refractivity contribution in [1.82, 2.24) is 0 Å². The molecule has 0 heterocycles. The van der Waals surface area contributed by atoms with E-state index in [0.717, 1.165) is 25.3 Å². The fourth-order valence-electron chi connectivity index (χ4n) is 2.07. The summed E-state index contributed by atoms with van der Waals surface area (Å²) in [4.78, 5) is 0. The summed E-state index contributed by atoms with van der Waals surface area (Å²) in [6.45, 7) is 2.49. The Balaban J connectivity index is 2.51. The minimum Gasteiger partial charge on any atom is -0.493 e. The van der Waals surface area contributed by atoms with Gasteiger partial charge >= 0.3 is 6.18 Å². The summed E-state index contributed by atoms with van der Waals surface area (Å²) < 4.78 is 44.3. The van der Waals surface area contributed by atoms with Gasteiger partial charge in [-0.2, -0.15) is 13.2 Å². The van der Waals surface area contributed by atoms with Crippen LogP contribution in [0.5, 0.6) is 5.75 Å². The SMILES string of the molecule is CCCCCCCCOc1ccc(CBr)cc1C(F)(F)F. The number of hydrogen-bond acceptors (Lipinski definition) is 1. The van der Waals surface area contributed by atoms with Crippen LogP contribution in [0.3, 0.4) is 0 Å². The molecular weight excluding hydrogens is 345 g/mol. The number of rotatable bonds is 9. The molecule has 1 aromatic carbocycles. The van der Waals surface area contributed by atoms with Crippen LogP contribution in [0.15, 0.2) is 18.2 Å². The summed E-state index contributed by atoms with van der Waals surface area (Å²) in [7, 11) is 0. The maximum Gasteiger partial charge on any atom is 0.419 e. The zero-order valence-electron chi connectivity index (χ0n) is 12.3. The van der Waals surface area contributed by atoms with E-state index in [-0.39, 0.29) is 5.75 Å². The number of alkyl halides is 4. The van der Waals surface area contributed by atoms with Gasteiger partial charge in [0.05, 0.1) is 12.2 Å². The minimum atomic E-state index is -4.38. The molecule has 0 saturated carbocycles. The van der Waals surface area contributed by atoms with Gasteiger partial charge in [0.1, 0.15) is 5.75 Å². The van der Waals surface area contributed by atoms with Crippen molar-refractivity contribution < 1.29 is 17.9 Å². The molecule has 1 rings (SSSR count). The van der Waals surface area contributed by atoms with Gasteiger partial charge in [-0.25, -0.2) is 0 Å². The Morgan fingerprint density at radius 1 is 1.05 bits per heavy atom. The largest absolute Gasteiger partial charge is 0.493 e. The maximum absolute atomic E-state index is 13.0. The molecule has 1 aromatic rings. The van der Waals surface area contributed by atoms with Crippen molar-refractivity contribution in [2.24, 2.45) is 0 Å². The molecule has 0 unspecified atom stereocenters. The van der Waals surface area contributed by atoms with Crippen molar-refractivity contribution in [1.29, 1.82) is 0 Å². The molecule has 0 atom stereocenters. The average Bonchev–Trinajstić information content (AvgIpc) is 2.45. The van der Waals surface area contributed by atoms with Gasteiger partial charge in [0, 0.05) is 5.33 Å². The molecule has 0 bridgehead atoms. The fraction of sp³-hybridized carbons (Fsp3) is 0.625. The van der Waals surface area contributed by atoms with E-state index in [0.29, 0.717) is 17.5 Å². The number of hydrogen-bond donors (Lipinski definition) is 0. The normalized spacial score (nSPS) is 11.7. The quantitative estimate of drug-likeness (QED) is 0.366. The summed E-state index contributed by atoms with van der Waals surface area (Å²) >= 11 is 3.17. The van der Waals surface area contributed by atoms with E-state index < -0.39 is 11.7 Å². The Labute approximate surface area is 133 Å². The van der Waals surface area contributed by atoms with E-state index in [1.807, 2.05) is 0 Å². The van der Waals surface area contributed by atoms with Crippen molar-refractivity contribution in [2.75, 3.05) is 6.61 Å². The topological polar surface area (TPSA) is 9.23 Å². The first-order valence-electron chi connectivity index (χ1n) is 7.38. The van der Waals surface area contributed by atoms with Crippen molar-refractivity contribution in [3.05, 3.63) is 29.3 Å². The molecule has 21 heavy (non-hydrogen) atoms. The van der Waals surface area contributed by atoms with E-state index in [1.165, 1.54) is 25.3 Å².